The van der Waals surface area contributed by atoms with E-state index in [-0.39, 0.29) is 13.2 Å². The van der Waals surface area contributed by atoms with Gasteiger partial charge in [0, 0.05) is 14.2 Å². The van der Waals surface area contributed by atoms with Crippen LogP contribution in [0.15, 0.2) is 6.20 Å². The third kappa shape index (κ3) is 6.02. The Labute approximate surface area is 154 Å². The van der Waals surface area contributed by atoms with Crippen LogP contribution in [0.5, 0.6) is 0 Å². The summed E-state index contributed by atoms with van der Waals surface area (Å²) in [5, 5.41) is 7.30. The van der Waals surface area contributed by atoms with Crippen molar-refractivity contribution in [1.82, 2.24) is 20.7 Å². The molecular formula is C15H22N4O6S. The molecule has 2 heterocycles. The van der Waals surface area contributed by atoms with Gasteiger partial charge in [-0.05, 0) is 6.92 Å². The molecule has 2 rings (SSSR count). The van der Waals surface area contributed by atoms with Crippen molar-refractivity contribution in [3.63, 3.8) is 0 Å². The van der Waals surface area contributed by atoms with Crippen LogP contribution in [-0.4, -0.2) is 80.4 Å². The number of methoxy groups -OCH3 is 2. The summed E-state index contributed by atoms with van der Waals surface area (Å²) >= 11 is 1.21. The first-order valence-electron chi connectivity index (χ1n) is 7.93. The molecular weight excluding hydrogens is 364 g/mol. The molecule has 2 amide bonds. The molecule has 2 N–H and O–H groups in total. The molecule has 1 aliphatic rings. The van der Waals surface area contributed by atoms with Gasteiger partial charge in [0.15, 0.2) is 6.04 Å². The Bertz CT molecular complexity index is 648. The van der Waals surface area contributed by atoms with Crippen LogP contribution < -0.4 is 10.6 Å². The van der Waals surface area contributed by atoms with Crippen LogP contribution in [-0.2, 0) is 23.9 Å². The van der Waals surface area contributed by atoms with Gasteiger partial charge in [-0.15, -0.1) is 16.4 Å². The number of carbonyl (C=O) groups is 3. The van der Waals surface area contributed by atoms with Gasteiger partial charge in [0.25, 0.3) is 5.91 Å². The number of nitrogens with zero attached hydrogens (tertiary/aromatic N) is 2. The number of aryl methyl sites for hydroxylation is 1. The lowest BCUT2D eigenvalue weighted by Crippen LogP contribution is -2.54. The average molecular weight is 386 g/mol. The van der Waals surface area contributed by atoms with Gasteiger partial charge in [-0.25, -0.2) is 9.78 Å². The molecule has 26 heavy (non-hydrogen) atoms. The number of hydrogen-bond acceptors (Lipinski definition) is 9. The van der Waals surface area contributed by atoms with Crippen molar-refractivity contribution in [1.29, 1.82) is 0 Å². The maximum atomic E-state index is 12.5. The third-order valence-electron chi connectivity index (χ3n) is 3.36. The molecule has 0 spiro atoms. The van der Waals surface area contributed by atoms with Crippen LogP contribution >= 0.6 is 11.3 Å². The molecule has 144 valence electrons. The van der Waals surface area contributed by atoms with Crippen molar-refractivity contribution in [2.45, 2.75) is 19.0 Å². The third-order valence-corrected chi connectivity index (χ3v) is 4.27. The van der Waals surface area contributed by atoms with Crippen LogP contribution in [0.1, 0.15) is 14.7 Å². The summed E-state index contributed by atoms with van der Waals surface area (Å²) in [7, 11) is 2.81. The highest BCUT2D eigenvalue weighted by atomic mass is 32.1. The lowest BCUT2D eigenvalue weighted by molar-refractivity contribution is -0.171. The molecule has 0 aliphatic carbocycles. The van der Waals surface area contributed by atoms with Crippen LogP contribution in [0.2, 0.25) is 0 Å². The molecule has 1 saturated heterocycles. The average Bonchev–Trinajstić information content (AvgIpc) is 3.31. The number of nitrogens with one attached hydrogen (secondary N) is 2. The molecule has 1 aromatic heterocycles. The van der Waals surface area contributed by atoms with E-state index in [1.807, 2.05) is 0 Å². The van der Waals surface area contributed by atoms with Gasteiger partial charge in [-0.3, -0.25) is 9.59 Å². The van der Waals surface area contributed by atoms with Gasteiger partial charge in [0.1, 0.15) is 10.9 Å². The summed E-state index contributed by atoms with van der Waals surface area (Å²) < 4.78 is 9.96. The smallest absolute Gasteiger partial charge is 0.349 e. The Hall–Kier alpha value is -2.08. The largest absolute Gasteiger partial charge is 0.382 e. The molecule has 0 saturated carbocycles. The summed E-state index contributed by atoms with van der Waals surface area (Å²) in [6.07, 6.45) is 1.44. The molecule has 0 radical (unpaired) electrons. The van der Waals surface area contributed by atoms with Gasteiger partial charge < -0.3 is 24.9 Å². The highest BCUT2D eigenvalue weighted by Crippen LogP contribution is 2.11. The Morgan fingerprint density at radius 3 is 2.38 bits per heavy atom. The standard InChI is InChI=1S/C15H22N4O6S/c1-9-16-6-12(26-9)14(21)17-10(7-23-2)13(20)18-11(8-24-3)15(22)25-19-4-5-19/h6,10-11H,4-5,7-8H2,1-3H3,(H,17,21)(H,18,20)/t10-,11-/m0/s1. The van der Waals surface area contributed by atoms with E-state index in [1.54, 1.807) is 6.92 Å². The van der Waals surface area contributed by atoms with Crippen molar-refractivity contribution < 1.29 is 28.7 Å². The number of ether oxygens (including phenoxy) is 2. The van der Waals surface area contributed by atoms with Gasteiger partial charge in [-0.1, -0.05) is 0 Å². The molecule has 1 aromatic rings. The quantitative estimate of drug-likeness (QED) is 0.497. The fourth-order valence-corrected chi connectivity index (χ4v) is 2.66. The van der Waals surface area contributed by atoms with E-state index in [4.69, 9.17) is 14.3 Å². The van der Waals surface area contributed by atoms with Gasteiger partial charge in [-0.2, -0.15) is 0 Å². The summed E-state index contributed by atoms with van der Waals surface area (Å²) in [6, 6.07) is -1.97. The predicted octanol–water partition coefficient (Wildman–Crippen LogP) is -0.899. The topological polar surface area (TPSA) is 119 Å². The highest BCUT2D eigenvalue weighted by Gasteiger charge is 2.31. The minimum absolute atomic E-state index is 0.0555. The Balaban J connectivity index is 1.98. The van der Waals surface area contributed by atoms with Gasteiger partial charge in [0.05, 0.1) is 37.5 Å². The Kier molecular flexibility index (Phi) is 7.45. The van der Waals surface area contributed by atoms with E-state index >= 15 is 0 Å². The Morgan fingerprint density at radius 1 is 1.19 bits per heavy atom. The van der Waals surface area contributed by atoms with E-state index < -0.39 is 29.9 Å². The van der Waals surface area contributed by atoms with Crippen LogP contribution in [0, 0.1) is 6.92 Å². The normalized spacial score (nSPS) is 15.8. The van der Waals surface area contributed by atoms with Crippen molar-refractivity contribution >= 4 is 29.1 Å². The molecule has 1 aliphatic heterocycles. The zero-order valence-corrected chi connectivity index (χ0v) is 15.6. The number of aromatic nitrogens is 1. The molecule has 1 fully saturated rings. The molecule has 10 nitrogen and oxygen atoms in total. The second-order valence-corrected chi connectivity index (χ2v) is 6.82. The van der Waals surface area contributed by atoms with E-state index in [2.05, 4.69) is 15.6 Å². The van der Waals surface area contributed by atoms with Crippen molar-refractivity contribution in [2.24, 2.45) is 0 Å². The minimum Gasteiger partial charge on any atom is -0.382 e. The number of amides is 2. The zero-order valence-electron chi connectivity index (χ0n) is 14.8. The Morgan fingerprint density at radius 2 is 1.85 bits per heavy atom. The summed E-state index contributed by atoms with van der Waals surface area (Å²) in [6.45, 7) is 2.99. The first-order chi connectivity index (χ1) is 12.4. The van der Waals surface area contributed by atoms with Crippen LogP contribution in [0.25, 0.3) is 0 Å². The minimum atomic E-state index is -0.991. The van der Waals surface area contributed by atoms with E-state index in [1.165, 1.54) is 36.8 Å². The molecule has 0 bridgehead atoms. The first-order valence-corrected chi connectivity index (χ1v) is 8.74. The van der Waals surface area contributed by atoms with Crippen molar-refractivity contribution in [3.05, 3.63) is 16.1 Å². The summed E-state index contributed by atoms with van der Waals surface area (Å²) in [4.78, 5) is 46.2. The van der Waals surface area contributed by atoms with Gasteiger partial charge >= 0.3 is 5.97 Å². The maximum Gasteiger partial charge on any atom is 0.349 e. The first kappa shape index (κ1) is 20.2. The maximum absolute atomic E-state index is 12.5. The zero-order chi connectivity index (χ0) is 19.1. The van der Waals surface area contributed by atoms with Crippen molar-refractivity contribution in [3.8, 4) is 0 Å². The molecule has 0 unspecified atom stereocenters. The highest BCUT2D eigenvalue weighted by molar-refractivity contribution is 7.13. The lowest BCUT2D eigenvalue weighted by Gasteiger charge is -2.21. The molecule has 2 atom stereocenters. The number of hydrogen-bond donors (Lipinski definition) is 2. The number of carbonyl (C=O) groups excluding carboxylic acids is 3. The van der Waals surface area contributed by atoms with Crippen LogP contribution in [0.4, 0.5) is 0 Å². The van der Waals surface area contributed by atoms with Gasteiger partial charge in [0.2, 0.25) is 5.91 Å². The van der Waals surface area contributed by atoms with Crippen LogP contribution in [0.3, 0.4) is 0 Å². The molecule has 11 heteroatoms. The van der Waals surface area contributed by atoms with Crippen molar-refractivity contribution in [2.75, 3.05) is 40.5 Å². The number of rotatable bonds is 10. The summed E-state index contributed by atoms with van der Waals surface area (Å²) in [5.41, 5.74) is 0. The second kappa shape index (κ2) is 9.57. The number of hydroxylamine groups is 2. The molecule has 0 aromatic carbocycles. The lowest BCUT2D eigenvalue weighted by atomic mass is 10.2. The fraction of sp³-hybridized carbons (Fsp3) is 0.600. The fourth-order valence-electron chi connectivity index (χ4n) is 1.98. The SMILES string of the molecule is COC[C@H](NC(=O)c1cnc(C)s1)C(=O)N[C@@H](COC)C(=O)ON1CC1. The van der Waals surface area contributed by atoms with E-state index in [0.29, 0.717) is 18.0 Å². The predicted molar refractivity (Wildman–Crippen MR) is 91.5 cm³/mol. The van der Waals surface area contributed by atoms with E-state index in [9.17, 15) is 14.4 Å². The summed E-state index contributed by atoms with van der Waals surface area (Å²) in [5.74, 6) is -1.65. The number of thiazole rings is 1. The van der Waals surface area contributed by atoms with E-state index in [0.717, 1.165) is 5.01 Å². The second-order valence-electron chi connectivity index (χ2n) is 5.58. The monoisotopic (exact) mass is 386 g/mol.